The van der Waals surface area contributed by atoms with Gasteiger partial charge < -0.3 is 15.0 Å². The van der Waals surface area contributed by atoms with Gasteiger partial charge in [0.2, 0.25) is 5.91 Å². The van der Waals surface area contributed by atoms with Crippen molar-refractivity contribution in [3.05, 3.63) is 51.7 Å². The van der Waals surface area contributed by atoms with Crippen molar-refractivity contribution in [2.45, 2.75) is 45.3 Å². The summed E-state index contributed by atoms with van der Waals surface area (Å²) in [5, 5.41) is 5.66. The van der Waals surface area contributed by atoms with Crippen LogP contribution < -0.4 is 5.32 Å². The smallest absolute Gasteiger partial charge is 0.254 e. The fourth-order valence-electron chi connectivity index (χ4n) is 3.36. The number of thiazole rings is 1. The minimum Gasteiger partial charge on any atom is -0.372 e. The molecule has 1 aliphatic rings. The SMILES string of the molecule is CCOC(C)c1nc(CC(=O)N2CCC(NC(=O)c3ccccc3F)CC2)cs1. The Hall–Kier alpha value is -2.32. The number of benzene rings is 1. The van der Waals surface area contributed by atoms with Gasteiger partial charge in [-0.25, -0.2) is 9.37 Å². The third-order valence-electron chi connectivity index (χ3n) is 4.97. The fraction of sp³-hybridized carbons (Fsp3) is 0.476. The van der Waals surface area contributed by atoms with Crippen molar-refractivity contribution in [1.82, 2.24) is 15.2 Å². The summed E-state index contributed by atoms with van der Waals surface area (Å²) >= 11 is 1.51. The second kappa shape index (κ2) is 9.93. The minimum absolute atomic E-state index is 0.0322. The Labute approximate surface area is 174 Å². The average molecular weight is 420 g/mol. The highest BCUT2D eigenvalue weighted by molar-refractivity contribution is 7.09. The number of amides is 2. The third kappa shape index (κ3) is 5.61. The molecule has 1 aliphatic heterocycles. The number of carbonyl (C=O) groups is 2. The highest BCUT2D eigenvalue weighted by Crippen LogP contribution is 2.22. The second-order valence-corrected chi connectivity index (χ2v) is 7.95. The number of carbonyl (C=O) groups excluding carboxylic acids is 2. The molecule has 0 bridgehead atoms. The fourth-order valence-corrected chi connectivity index (χ4v) is 4.18. The molecule has 1 unspecified atom stereocenters. The van der Waals surface area contributed by atoms with E-state index >= 15 is 0 Å². The minimum atomic E-state index is -0.529. The number of piperidine rings is 1. The van der Waals surface area contributed by atoms with Crippen molar-refractivity contribution < 1.29 is 18.7 Å². The van der Waals surface area contributed by atoms with Crippen molar-refractivity contribution in [2.75, 3.05) is 19.7 Å². The number of likely N-dealkylation sites (tertiary alicyclic amines) is 1. The topological polar surface area (TPSA) is 71.5 Å². The van der Waals surface area contributed by atoms with Gasteiger partial charge >= 0.3 is 0 Å². The second-order valence-electron chi connectivity index (χ2n) is 7.06. The van der Waals surface area contributed by atoms with Crippen LogP contribution in [0, 0.1) is 5.82 Å². The molecule has 156 valence electrons. The molecule has 1 fully saturated rings. The van der Waals surface area contributed by atoms with Crippen molar-refractivity contribution in [3.8, 4) is 0 Å². The molecule has 1 aromatic heterocycles. The van der Waals surface area contributed by atoms with Crippen molar-refractivity contribution in [3.63, 3.8) is 0 Å². The van der Waals surface area contributed by atoms with Crippen LogP contribution >= 0.6 is 11.3 Å². The summed E-state index contributed by atoms with van der Waals surface area (Å²) in [7, 11) is 0. The number of nitrogens with zero attached hydrogens (tertiary/aromatic N) is 2. The van der Waals surface area contributed by atoms with E-state index in [1.807, 2.05) is 19.2 Å². The standard InChI is InChI=1S/C21H26FN3O3S/c1-3-28-14(2)21-24-16(13-29-21)12-19(26)25-10-8-15(9-11-25)23-20(27)17-6-4-5-7-18(17)22/h4-7,13-15H,3,8-12H2,1-2H3,(H,23,27). The Kier molecular flexibility index (Phi) is 7.33. The number of halogens is 1. The summed E-state index contributed by atoms with van der Waals surface area (Å²) in [6.45, 7) is 5.64. The molecule has 0 saturated carbocycles. The van der Waals surface area contributed by atoms with Crippen molar-refractivity contribution in [1.29, 1.82) is 0 Å². The Balaban J connectivity index is 1.47. The lowest BCUT2D eigenvalue weighted by molar-refractivity contribution is -0.131. The van der Waals surface area contributed by atoms with Gasteiger partial charge in [0.25, 0.3) is 5.91 Å². The molecule has 29 heavy (non-hydrogen) atoms. The van der Waals surface area contributed by atoms with Gasteiger partial charge in [0.1, 0.15) is 16.9 Å². The van der Waals surface area contributed by atoms with Crippen LogP contribution in [-0.2, 0) is 16.0 Å². The van der Waals surface area contributed by atoms with Crippen LogP contribution in [0.25, 0.3) is 0 Å². The molecule has 3 rings (SSSR count). The van der Waals surface area contributed by atoms with Crippen LogP contribution in [0.4, 0.5) is 4.39 Å². The molecular weight excluding hydrogens is 393 g/mol. The van der Waals surface area contributed by atoms with E-state index in [0.29, 0.717) is 32.5 Å². The van der Waals surface area contributed by atoms with Crippen LogP contribution in [-0.4, -0.2) is 47.4 Å². The van der Waals surface area contributed by atoms with Gasteiger partial charge in [-0.3, -0.25) is 9.59 Å². The summed E-state index contributed by atoms with van der Waals surface area (Å²) < 4.78 is 19.3. The summed E-state index contributed by atoms with van der Waals surface area (Å²) in [5.41, 5.74) is 0.808. The zero-order valence-corrected chi connectivity index (χ0v) is 17.5. The van der Waals surface area contributed by atoms with Gasteiger partial charge in [-0.15, -0.1) is 11.3 Å². The summed E-state index contributed by atoms with van der Waals surface area (Å²) in [5.74, 6) is -0.907. The molecule has 1 saturated heterocycles. The van der Waals surface area contributed by atoms with E-state index in [2.05, 4.69) is 10.3 Å². The first-order valence-corrected chi connectivity index (χ1v) is 10.7. The molecule has 0 aliphatic carbocycles. The number of ether oxygens (including phenoxy) is 1. The van der Waals surface area contributed by atoms with E-state index in [4.69, 9.17) is 4.74 Å². The molecule has 1 N–H and O–H groups in total. The van der Waals surface area contributed by atoms with Gasteiger partial charge in [0.15, 0.2) is 0 Å². The highest BCUT2D eigenvalue weighted by atomic mass is 32.1. The van der Waals surface area contributed by atoms with Crippen molar-refractivity contribution >= 4 is 23.2 Å². The number of nitrogens with one attached hydrogen (secondary N) is 1. The zero-order valence-electron chi connectivity index (χ0n) is 16.7. The van der Waals surface area contributed by atoms with Gasteiger partial charge in [0.05, 0.1) is 17.7 Å². The molecule has 2 heterocycles. The predicted octanol–water partition coefficient (Wildman–Crippen LogP) is 3.34. The number of rotatable bonds is 7. The first-order chi connectivity index (χ1) is 14.0. The van der Waals surface area contributed by atoms with Gasteiger partial charge in [-0.05, 0) is 38.8 Å². The molecule has 8 heteroatoms. The Morgan fingerprint density at radius 3 is 2.76 bits per heavy atom. The lowest BCUT2D eigenvalue weighted by Gasteiger charge is -2.32. The average Bonchev–Trinajstić information content (AvgIpc) is 3.17. The van der Waals surface area contributed by atoms with Gasteiger partial charge in [-0.2, -0.15) is 0 Å². The zero-order chi connectivity index (χ0) is 20.8. The van der Waals surface area contributed by atoms with Gasteiger partial charge in [-0.1, -0.05) is 12.1 Å². The van der Waals surface area contributed by atoms with Crippen LogP contribution in [0.15, 0.2) is 29.6 Å². The van der Waals surface area contributed by atoms with Crippen LogP contribution in [0.2, 0.25) is 0 Å². The first-order valence-electron chi connectivity index (χ1n) is 9.87. The maximum absolute atomic E-state index is 13.7. The van der Waals surface area contributed by atoms with E-state index < -0.39 is 11.7 Å². The van der Waals surface area contributed by atoms with Crippen LogP contribution in [0.5, 0.6) is 0 Å². The van der Waals surface area contributed by atoms with Crippen LogP contribution in [0.1, 0.15) is 53.9 Å². The third-order valence-corrected chi connectivity index (χ3v) is 6.02. The summed E-state index contributed by atoms with van der Waals surface area (Å²) in [6, 6.07) is 5.87. The molecule has 0 radical (unpaired) electrons. The number of aromatic nitrogens is 1. The normalized spacial score (nSPS) is 15.9. The van der Waals surface area contributed by atoms with E-state index in [9.17, 15) is 14.0 Å². The van der Waals surface area contributed by atoms with E-state index in [-0.39, 0.29) is 30.0 Å². The highest BCUT2D eigenvalue weighted by Gasteiger charge is 2.25. The molecule has 1 atom stereocenters. The van der Waals surface area contributed by atoms with E-state index in [1.54, 1.807) is 17.0 Å². The molecular formula is C21H26FN3O3S. The summed E-state index contributed by atoms with van der Waals surface area (Å²) in [4.78, 5) is 31.2. The molecule has 6 nitrogen and oxygen atoms in total. The lowest BCUT2D eigenvalue weighted by atomic mass is 10.0. The molecule has 1 aromatic carbocycles. The summed E-state index contributed by atoms with van der Waals surface area (Å²) in [6.07, 6.45) is 1.50. The monoisotopic (exact) mass is 419 g/mol. The Morgan fingerprint density at radius 2 is 2.07 bits per heavy atom. The van der Waals surface area contributed by atoms with Crippen molar-refractivity contribution in [2.24, 2.45) is 0 Å². The maximum atomic E-state index is 13.7. The lowest BCUT2D eigenvalue weighted by Crippen LogP contribution is -2.47. The largest absolute Gasteiger partial charge is 0.372 e. The maximum Gasteiger partial charge on any atom is 0.254 e. The van der Waals surface area contributed by atoms with Gasteiger partial charge in [0, 0.05) is 31.1 Å². The molecule has 0 spiro atoms. The molecule has 2 aromatic rings. The first kappa shape index (κ1) is 21.4. The predicted molar refractivity (Wildman–Crippen MR) is 109 cm³/mol. The number of hydrogen-bond acceptors (Lipinski definition) is 5. The van der Waals surface area contributed by atoms with E-state index in [1.165, 1.54) is 23.5 Å². The Morgan fingerprint density at radius 1 is 1.34 bits per heavy atom. The van der Waals surface area contributed by atoms with E-state index in [0.717, 1.165) is 10.7 Å². The quantitative estimate of drug-likeness (QED) is 0.747. The van der Waals surface area contributed by atoms with Crippen LogP contribution in [0.3, 0.4) is 0 Å². The number of hydrogen-bond donors (Lipinski definition) is 1. The molecule has 2 amide bonds. The Bertz CT molecular complexity index is 849.